The van der Waals surface area contributed by atoms with Crippen molar-refractivity contribution in [3.8, 4) is 11.5 Å². The largest absolute Gasteiger partial charge is 0.489 e. The molecule has 148 valence electrons. The second kappa shape index (κ2) is 6.97. The van der Waals surface area contributed by atoms with Gasteiger partial charge in [-0.15, -0.1) is 0 Å². The number of fused-ring (bicyclic) bond motifs is 1. The molecule has 1 aliphatic heterocycles. The van der Waals surface area contributed by atoms with E-state index in [1.54, 1.807) is 0 Å². The van der Waals surface area contributed by atoms with Gasteiger partial charge in [0, 0.05) is 11.5 Å². The number of nitrogens with zero attached hydrogens (tertiary/aromatic N) is 1. The summed E-state index contributed by atoms with van der Waals surface area (Å²) in [6, 6.07) is 7.12. The number of benzene rings is 1. The summed E-state index contributed by atoms with van der Waals surface area (Å²) >= 11 is 0. The highest BCUT2D eigenvalue weighted by molar-refractivity contribution is 5.47. The van der Waals surface area contributed by atoms with Crippen LogP contribution in [0.1, 0.15) is 56.9 Å². The van der Waals surface area contributed by atoms with E-state index in [0.717, 1.165) is 62.4 Å². The average molecular weight is 372 g/mol. The third-order valence-electron chi connectivity index (χ3n) is 7.36. The summed E-state index contributed by atoms with van der Waals surface area (Å²) in [7, 11) is 2.21. The maximum absolute atomic E-state index is 10.2. The Morgan fingerprint density at radius 1 is 1.00 bits per heavy atom. The van der Waals surface area contributed by atoms with Crippen LogP contribution in [0.5, 0.6) is 11.5 Å². The van der Waals surface area contributed by atoms with Crippen LogP contribution in [0, 0.1) is 11.8 Å². The van der Waals surface area contributed by atoms with Crippen molar-refractivity contribution in [3.63, 3.8) is 0 Å². The number of hydrogen-bond acceptors (Lipinski definition) is 4. The van der Waals surface area contributed by atoms with Crippen molar-refractivity contribution in [3.05, 3.63) is 23.8 Å². The molecule has 5 rings (SSSR count). The molecule has 1 N–H and O–H groups in total. The zero-order valence-corrected chi connectivity index (χ0v) is 16.5. The molecule has 0 amide bonds. The lowest BCUT2D eigenvalue weighted by Gasteiger charge is -2.43. The van der Waals surface area contributed by atoms with Crippen LogP contribution in [0.15, 0.2) is 18.2 Å². The molecule has 0 aromatic heterocycles. The summed E-state index contributed by atoms with van der Waals surface area (Å²) in [5, 5.41) is 10.2. The third kappa shape index (κ3) is 3.58. The van der Waals surface area contributed by atoms with E-state index in [1.165, 1.54) is 37.7 Å². The minimum atomic E-state index is -0.157. The van der Waals surface area contributed by atoms with E-state index < -0.39 is 0 Å². The van der Waals surface area contributed by atoms with E-state index in [0.29, 0.717) is 6.04 Å². The van der Waals surface area contributed by atoms with Crippen molar-refractivity contribution >= 4 is 0 Å². The van der Waals surface area contributed by atoms with Crippen LogP contribution in [-0.4, -0.2) is 49.0 Å². The smallest absolute Gasteiger partial charge is 0.161 e. The summed E-state index contributed by atoms with van der Waals surface area (Å²) in [4.78, 5) is 2.45. The minimum Gasteiger partial charge on any atom is -0.489 e. The molecule has 4 fully saturated rings. The zero-order valence-electron chi connectivity index (χ0n) is 16.5. The molecule has 3 atom stereocenters. The van der Waals surface area contributed by atoms with Gasteiger partial charge < -0.3 is 19.5 Å². The lowest BCUT2D eigenvalue weighted by Crippen LogP contribution is -2.47. The highest BCUT2D eigenvalue weighted by Gasteiger charge is 2.50. The van der Waals surface area contributed by atoms with Crippen molar-refractivity contribution in [2.45, 2.75) is 68.9 Å². The summed E-state index contributed by atoms with van der Waals surface area (Å²) in [5.74, 6) is 3.33. The molecule has 1 heterocycles. The second-order valence-corrected chi connectivity index (χ2v) is 9.50. The van der Waals surface area contributed by atoms with Gasteiger partial charge in [-0.1, -0.05) is 6.07 Å². The first kappa shape index (κ1) is 17.8. The standard InChI is InChI=1S/C23H33NO3/c1-24-11-10-23(9-8-19(25)13-22(23)24)18-6-7-20(26-14-16-2-3-16)21(12-18)27-15-17-4-5-17/h6-7,12,16-17,19,22,25H,2-5,8-11,13-15H2,1H3/t19-,22-,23-/m0/s1. The Bertz CT molecular complexity index is 684. The number of aliphatic hydroxyl groups is 1. The molecule has 0 unspecified atom stereocenters. The first-order valence-corrected chi connectivity index (χ1v) is 10.9. The predicted octanol–water partition coefficient (Wildman–Crippen LogP) is 3.75. The fourth-order valence-electron chi connectivity index (χ4n) is 5.13. The van der Waals surface area contributed by atoms with E-state index >= 15 is 0 Å². The number of rotatable bonds is 7. The zero-order chi connectivity index (χ0) is 18.4. The van der Waals surface area contributed by atoms with Gasteiger partial charge in [0.1, 0.15) is 0 Å². The van der Waals surface area contributed by atoms with Gasteiger partial charge in [0.2, 0.25) is 0 Å². The molecule has 4 heteroatoms. The lowest BCUT2D eigenvalue weighted by molar-refractivity contribution is 0.0566. The fraction of sp³-hybridized carbons (Fsp3) is 0.739. The number of aliphatic hydroxyl groups excluding tert-OH is 1. The highest BCUT2D eigenvalue weighted by atomic mass is 16.5. The van der Waals surface area contributed by atoms with Gasteiger partial charge in [0.05, 0.1) is 19.3 Å². The van der Waals surface area contributed by atoms with Crippen LogP contribution in [-0.2, 0) is 5.41 Å². The van der Waals surface area contributed by atoms with Crippen LogP contribution >= 0.6 is 0 Å². The van der Waals surface area contributed by atoms with Gasteiger partial charge >= 0.3 is 0 Å². The van der Waals surface area contributed by atoms with Crippen molar-refractivity contribution in [1.29, 1.82) is 0 Å². The van der Waals surface area contributed by atoms with Crippen LogP contribution in [0.2, 0.25) is 0 Å². The monoisotopic (exact) mass is 371 g/mol. The van der Waals surface area contributed by atoms with Gasteiger partial charge in [-0.05, 0) is 94.5 Å². The topological polar surface area (TPSA) is 41.9 Å². The number of likely N-dealkylation sites (N-methyl/N-ethyl adjacent to an activating group) is 1. The van der Waals surface area contributed by atoms with E-state index in [2.05, 4.69) is 30.1 Å². The Morgan fingerprint density at radius 2 is 1.70 bits per heavy atom. The van der Waals surface area contributed by atoms with Crippen molar-refractivity contribution < 1.29 is 14.6 Å². The van der Waals surface area contributed by atoms with Gasteiger partial charge in [0.15, 0.2) is 11.5 Å². The Kier molecular flexibility index (Phi) is 4.60. The van der Waals surface area contributed by atoms with Gasteiger partial charge in [-0.3, -0.25) is 0 Å². The fourth-order valence-corrected chi connectivity index (χ4v) is 5.13. The maximum Gasteiger partial charge on any atom is 0.161 e. The number of ether oxygens (including phenoxy) is 2. The van der Waals surface area contributed by atoms with Gasteiger partial charge in [-0.2, -0.15) is 0 Å². The van der Waals surface area contributed by atoms with Crippen LogP contribution in [0.25, 0.3) is 0 Å². The second-order valence-electron chi connectivity index (χ2n) is 9.50. The Balaban J connectivity index is 1.42. The van der Waals surface area contributed by atoms with Gasteiger partial charge in [-0.25, -0.2) is 0 Å². The van der Waals surface area contributed by atoms with Gasteiger partial charge in [0.25, 0.3) is 0 Å². The Hall–Kier alpha value is -1.26. The first-order chi connectivity index (χ1) is 13.1. The highest BCUT2D eigenvalue weighted by Crippen LogP contribution is 2.50. The maximum atomic E-state index is 10.2. The van der Waals surface area contributed by atoms with Crippen LogP contribution < -0.4 is 9.47 Å². The lowest BCUT2D eigenvalue weighted by atomic mass is 9.65. The molecule has 0 bridgehead atoms. The predicted molar refractivity (Wildman–Crippen MR) is 105 cm³/mol. The summed E-state index contributed by atoms with van der Waals surface area (Å²) < 4.78 is 12.4. The molecule has 0 spiro atoms. The molecule has 27 heavy (non-hydrogen) atoms. The van der Waals surface area contributed by atoms with E-state index in [4.69, 9.17) is 9.47 Å². The quantitative estimate of drug-likeness (QED) is 0.793. The summed E-state index contributed by atoms with van der Waals surface area (Å²) in [5.41, 5.74) is 1.54. The molecule has 4 aliphatic rings. The Morgan fingerprint density at radius 3 is 2.41 bits per heavy atom. The minimum absolute atomic E-state index is 0.153. The first-order valence-electron chi connectivity index (χ1n) is 10.9. The van der Waals surface area contributed by atoms with Crippen LogP contribution in [0.3, 0.4) is 0 Å². The van der Waals surface area contributed by atoms with E-state index in [9.17, 15) is 5.11 Å². The van der Waals surface area contributed by atoms with Crippen molar-refractivity contribution in [1.82, 2.24) is 4.90 Å². The van der Waals surface area contributed by atoms with Crippen molar-refractivity contribution in [2.24, 2.45) is 11.8 Å². The Labute approximate surface area is 162 Å². The molecular formula is C23H33NO3. The molecule has 3 aliphatic carbocycles. The normalized spacial score (nSPS) is 33.7. The van der Waals surface area contributed by atoms with E-state index in [1.807, 2.05) is 0 Å². The van der Waals surface area contributed by atoms with Crippen molar-refractivity contribution in [2.75, 3.05) is 26.8 Å². The molecule has 3 saturated carbocycles. The molecule has 1 aromatic rings. The summed E-state index contributed by atoms with van der Waals surface area (Å²) in [6.07, 6.45) is 9.07. The third-order valence-corrected chi connectivity index (χ3v) is 7.36. The molecule has 4 nitrogen and oxygen atoms in total. The van der Waals surface area contributed by atoms with Crippen LogP contribution in [0.4, 0.5) is 0 Å². The SMILES string of the molecule is CN1CC[C@]2(c3ccc(OCC4CC4)c(OCC4CC4)c3)CC[C@H](O)C[C@H]12. The summed E-state index contributed by atoms with van der Waals surface area (Å²) in [6.45, 7) is 2.75. The molecule has 0 radical (unpaired) electrons. The average Bonchev–Trinajstić information content (AvgIpc) is 3.59. The molecule has 1 saturated heterocycles. The number of likely N-dealkylation sites (tertiary alicyclic amines) is 1. The van der Waals surface area contributed by atoms with E-state index in [-0.39, 0.29) is 11.5 Å². The molecular weight excluding hydrogens is 338 g/mol. The molecule has 1 aromatic carbocycles. The number of hydrogen-bond donors (Lipinski definition) is 1.